The molecule has 2 nitrogen and oxygen atoms in total. The van der Waals surface area contributed by atoms with Crippen LogP contribution in [0.25, 0.3) is 0 Å². The van der Waals surface area contributed by atoms with E-state index >= 15 is 0 Å². The highest BCUT2D eigenvalue weighted by Gasteiger charge is 2.26. The monoisotopic (exact) mass is 248 g/mol. The lowest BCUT2D eigenvalue weighted by Crippen LogP contribution is -2.44. The Kier molecular flexibility index (Phi) is 3.62. The van der Waals surface area contributed by atoms with E-state index in [1.165, 1.54) is 0 Å². The minimum absolute atomic E-state index is 0.00955. The van der Waals surface area contributed by atoms with Crippen molar-refractivity contribution >= 4 is 0 Å². The lowest BCUT2D eigenvalue weighted by atomic mass is 10.0. The van der Waals surface area contributed by atoms with Crippen LogP contribution in [-0.4, -0.2) is 37.6 Å². The Bertz CT molecular complexity index is 409. The maximum atomic E-state index is 13.9. The maximum absolute atomic E-state index is 13.9. The van der Waals surface area contributed by atoms with E-state index < -0.39 is 0 Å². The van der Waals surface area contributed by atoms with Gasteiger partial charge < -0.3 is 10.2 Å². The van der Waals surface area contributed by atoms with Crippen molar-refractivity contribution in [2.45, 2.75) is 25.2 Å². The second-order valence-corrected chi connectivity index (χ2v) is 5.47. The Morgan fingerprint density at radius 1 is 1.22 bits per heavy atom. The summed E-state index contributed by atoms with van der Waals surface area (Å²) in [5.74, 6) is 0.516. The fraction of sp³-hybridized carbons (Fsp3) is 0.600. The third kappa shape index (κ3) is 2.90. The largest absolute Gasteiger partial charge is 0.314 e. The summed E-state index contributed by atoms with van der Waals surface area (Å²) in [6.07, 6.45) is 3.29. The van der Waals surface area contributed by atoms with Crippen LogP contribution in [0.4, 0.5) is 4.39 Å². The van der Waals surface area contributed by atoms with E-state index in [0.29, 0.717) is 5.92 Å². The number of benzene rings is 1. The predicted molar refractivity (Wildman–Crippen MR) is 71.4 cm³/mol. The molecule has 0 amide bonds. The van der Waals surface area contributed by atoms with Gasteiger partial charge in [-0.1, -0.05) is 12.1 Å². The summed E-state index contributed by atoms with van der Waals surface area (Å²) in [4.78, 5) is 2.45. The summed E-state index contributed by atoms with van der Waals surface area (Å²) in [5, 5.41) is 3.35. The van der Waals surface area contributed by atoms with Gasteiger partial charge in [-0.05, 0) is 42.4 Å². The van der Waals surface area contributed by atoms with Crippen LogP contribution >= 0.6 is 0 Å². The van der Waals surface area contributed by atoms with Crippen molar-refractivity contribution in [3.63, 3.8) is 0 Å². The first kappa shape index (κ1) is 12.1. The molecule has 1 aromatic carbocycles. The van der Waals surface area contributed by atoms with Gasteiger partial charge in [0.1, 0.15) is 5.82 Å². The third-order valence-electron chi connectivity index (χ3n) is 4.01. The van der Waals surface area contributed by atoms with E-state index in [0.717, 1.165) is 63.1 Å². The molecule has 1 aliphatic carbocycles. The van der Waals surface area contributed by atoms with Gasteiger partial charge in [0.25, 0.3) is 0 Å². The van der Waals surface area contributed by atoms with Gasteiger partial charge in [-0.3, -0.25) is 0 Å². The number of nitrogens with one attached hydrogen (secondary N) is 1. The number of hydrogen-bond acceptors (Lipinski definition) is 2. The van der Waals surface area contributed by atoms with Crippen LogP contribution in [0, 0.1) is 5.82 Å². The third-order valence-corrected chi connectivity index (χ3v) is 4.01. The van der Waals surface area contributed by atoms with Crippen LogP contribution in [0.15, 0.2) is 18.2 Å². The minimum atomic E-state index is 0.00955. The highest BCUT2D eigenvalue weighted by molar-refractivity contribution is 5.30. The highest BCUT2D eigenvalue weighted by atomic mass is 19.1. The van der Waals surface area contributed by atoms with Crippen LogP contribution in [0.1, 0.15) is 29.9 Å². The maximum Gasteiger partial charge on any atom is 0.126 e. The van der Waals surface area contributed by atoms with Crippen LogP contribution in [-0.2, 0) is 6.42 Å². The fourth-order valence-electron chi connectivity index (χ4n) is 2.67. The summed E-state index contributed by atoms with van der Waals surface area (Å²) in [7, 11) is 0. The molecule has 1 N–H and O–H groups in total. The molecule has 2 aliphatic rings. The van der Waals surface area contributed by atoms with Gasteiger partial charge in [-0.25, -0.2) is 4.39 Å². The molecule has 0 aromatic heterocycles. The van der Waals surface area contributed by atoms with E-state index in [4.69, 9.17) is 0 Å². The average Bonchev–Trinajstić information content (AvgIpc) is 3.22. The lowest BCUT2D eigenvalue weighted by molar-refractivity contribution is 0.244. The zero-order valence-corrected chi connectivity index (χ0v) is 10.8. The molecule has 1 aliphatic heterocycles. The Morgan fingerprint density at radius 2 is 2.00 bits per heavy atom. The van der Waals surface area contributed by atoms with Gasteiger partial charge in [0.05, 0.1) is 0 Å². The molecule has 2 fully saturated rings. The number of nitrogens with zero attached hydrogens (tertiary/aromatic N) is 1. The zero-order chi connectivity index (χ0) is 12.4. The van der Waals surface area contributed by atoms with E-state index in [2.05, 4.69) is 16.3 Å². The molecule has 18 heavy (non-hydrogen) atoms. The van der Waals surface area contributed by atoms with Crippen molar-refractivity contribution < 1.29 is 4.39 Å². The van der Waals surface area contributed by atoms with Gasteiger partial charge in [0, 0.05) is 32.7 Å². The van der Waals surface area contributed by atoms with Gasteiger partial charge >= 0.3 is 0 Å². The fourth-order valence-corrected chi connectivity index (χ4v) is 2.67. The molecule has 1 saturated heterocycles. The summed E-state index contributed by atoms with van der Waals surface area (Å²) in [6, 6.07) is 5.86. The van der Waals surface area contributed by atoms with Crippen molar-refractivity contribution in [2.75, 3.05) is 32.7 Å². The Hall–Kier alpha value is -0.930. The highest BCUT2D eigenvalue weighted by Crippen LogP contribution is 2.41. The summed E-state index contributed by atoms with van der Waals surface area (Å²) in [5.41, 5.74) is 2.07. The molecule has 3 rings (SSSR count). The van der Waals surface area contributed by atoms with Gasteiger partial charge in [0.2, 0.25) is 0 Å². The van der Waals surface area contributed by atoms with Crippen molar-refractivity contribution in [1.82, 2.24) is 10.2 Å². The Morgan fingerprint density at radius 3 is 2.67 bits per heavy atom. The normalized spacial score (nSPS) is 21.2. The van der Waals surface area contributed by atoms with Crippen LogP contribution < -0.4 is 5.32 Å². The molecule has 1 saturated carbocycles. The van der Waals surface area contributed by atoms with Crippen molar-refractivity contribution in [2.24, 2.45) is 0 Å². The minimum Gasteiger partial charge on any atom is -0.314 e. The first-order valence-corrected chi connectivity index (χ1v) is 7.04. The van der Waals surface area contributed by atoms with Gasteiger partial charge in [-0.2, -0.15) is 0 Å². The molecule has 0 atom stereocenters. The standard InChI is InChI=1S/C15H21FN2/c16-15-11-12(1-4-14(15)13-2-3-13)5-8-18-9-6-17-7-10-18/h1,4,11,13,17H,2-3,5-10H2. The van der Waals surface area contributed by atoms with E-state index in [9.17, 15) is 4.39 Å². The van der Waals surface area contributed by atoms with Crippen molar-refractivity contribution in [1.29, 1.82) is 0 Å². The van der Waals surface area contributed by atoms with Gasteiger partial charge in [-0.15, -0.1) is 0 Å². The number of hydrogen-bond donors (Lipinski definition) is 1. The summed E-state index contributed by atoms with van der Waals surface area (Å²) < 4.78 is 13.9. The summed E-state index contributed by atoms with van der Waals surface area (Å²) in [6.45, 7) is 5.43. The van der Waals surface area contributed by atoms with E-state index in [1.54, 1.807) is 6.07 Å². The molecular weight excluding hydrogens is 227 g/mol. The van der Waals surface area contributed by atoms with E-state index in [1.807, 2.05) is 6.07 Å². The van der Waals surface area contributed by atoms with Gasteiger partial charge in [0.15, 0.2) is 0 Å². The molecule has 3 heteroatoms. The van der Waals surface area contributed by atoms with Crippen molar-refractivity contribution in [3.05, 3.63) is 35.1 Å². The second kappa shape index (κ2) is 5.37. The summed E-state index contributed by atoms with van der Waals surface area (Å²) >= 11 is 0. The number of piperazine rings is 1. The average molecular weight is 248 g/mol. The first-order valence-electron chi connectivity index (χ1n) is 7.04. The molecule has 0 bridgehead atoms. The smallest absolute Gasteiger partial charge is 0.126 e. The number of rotatable bonds is 4. The molecule has 1 aromatic rings. The molecule has 0 radical (unpaired) electrons. The number of halogens is 1. The quantitative estimate of drug-likeness (QED) is 0.878. The predicted octanol–water partition coefficient (Wildman–Crippen LogP) is 2.15. The zero-order valence-electron chi connectivity index (χ0n) is 10.8. The molecule has 1 heterocycles. The van der Waals surface area contributed by atoms with Crippen LogP contribution in [0.2, 0.25) is 0 Å². The molecule has 0 spiro atoms. The first-order chi connectivity index (χ1) is 8.83. The van der Waals surface area contributed by atoms with Crippen LogP contribution in [0.5, 0.6) is 0 Å². The molecule has 98 valence electrons. The van der Waals surface area contributed by atoms with E-state index in [-0.39, 0.29) is 5.82 Å². The Balaban J connectivity index is 1.57. The molecular formula is C15H21FN2. The van der Waals surface area contributed by atoms with Crippen LogP contribution in [0.3, 0.4) is 0 Å². The SMILES string of the molecule is Fc1cc(CCN2CCNCC2)ccc1C1CC1. The topological polar surface area (TPSA) is 15.3 Å². The Labute approximate surface area is 108 Å². The lowest BCUT2D eigenvalue weighted by Gasteiger charge is -2.27. The van der Waals surface area contributed by atoms with Crippen molar-refractivity contribution in [3.8, 4) is 0 Å². The second-order valence-electron chi connectivity index (χ2n) is 5.47. The molecule has 0 unspecified atom stereocenters.